The molecule has 0 spiro atoms. The molecule has 0 aliphatic heterocycles. The van der Waals surface area contributed by atoms with Gasteiger partial charge in [-0.3, -0.25) is 4.79 Å². The highest BCUT2D eigenvalue weighted by atomic mass is 35.5. The van der Waals surface area contributed by atoms with E-state index in [1.165, 1.54) is 18.2 Å². The van der Waals surface area contributed by atoms with Crippen LogP contribution in [0.15, 0.2) is 18.2 Å². The molecule has 1 rings (SSSR count). The number of anilines is 1. The van der Waals surface area contributed by atoms with Crippen molar-refractivity contribution in [2.45, 2.75) is 19.8 Å². The van der Waals surface area contributed by atoms with Crippen LogP contribution in [-0.2, 0) is 4.79 Å². The van der Waals surface area contributed by atoms with Crippen molar-refractivity contribution < 1.29 is 14.7 Å². The van der Waals surface area contributed by atoms with Crippen LogP contribution in [0.1, 0.15) is 30.1 Å². The first-order valence-electron chi connectivity index (χ1n) is 5.73. The number of carbonyl (C=O) groups is 2. The molecule has 0 aromatic heterocycles. The molecule has 0 bridgehead atoms. The maximum Gasteiger partial charge on any atom is 0.337 e. The summed E-state index contributed by atoms with van der Waals surface area (Å²) in [6.07, 6.45) is 1.20. The molecule has 5 nitrogen and oxygen atoms in total. The van der Waals surface area contributed by atoms with Crippen molar-refractivity contribution in [3.8, 4) is 6.07 Å². The van der Waals surface area contributed by atoms with Crippen molar-refractivity contribution in [2.24, 2.45) is 5.92 Å². The summed E-state index contributed by atoms with van der Waals surface area (Å²) >= 11 is 5.79. The van der Waals surface area contributed by atoms with Crippen LogP contribution in [0.3, 0.4) is 0 Å². The van der Waals surface area contributed by atoms with Crippen LogP contribution in [0.5, 0.6) is 0 Å². The van der Waals surface area contributed by atoms with Gasteiger partial charge in [0.05, 0.1) is 16.7 Å². The van der Waals surface area contributed by atoms with Gasteiger partial charge in [-0.15, -0.1) is 0 Å². The van der Waals surface area contributed by atoms with Gasteiger partial charge in [-0.1, -0.05) is 24.9 Å². The van der Waals surface area contributed by atoms with Gasteiger partial charge < -0.3 is 10.4 Å². The molecule has 1 aromatic carbocycles. The number of nitriles is 1. The average Bonchev–Trinajstić information content (AvgIpc) is 2.35. The third-order valence-corrected chi connectivity index (χ3v) is 2.83. The fraction of sp³-hybridized carbons (Fsp3) is 0.308. The molecule has 0 heterocycles. The van der Waals surface area contributed by atoms with Crippen LogP contribution in [0.4, 0.5) is 5.69 Å². The van der Waals surface area contributed by atoms with Gasteiger partial charge in [0.25, 0.3) is 0 Å². The third-order valence-electron chi connectivity index (χ3n) is 2.52. The van der Waals surface area contributed by atoms with E-state index in [9.17, 15) is 9.59 Å². The van der Waals surface area contributed by atoms with Crippen LogP contribution in [-0.4, -0.2) is 17.0 Å². The Kier molecular flexibility index (Phi) is 5.34. The normalized spacial score (nSPS) is 11.4. The van der Waals surface area contributed by atoms with Gasteiger partial charge >= 0.3 is 5.97 Å². The van der Waals surface area contributed by atoms with E-state index in [1.54, 1.807) is 0 Å². The molecule has 19 heavy (non-hydrogen) atoms. The lowest BCUT2D eigenvalue weighted by Crippen LogP contribution is -2.21. The zero-order valence-corrected chi connectivity index (χ0v) is 11.1. The topological polar surface area (TPSA) is 90.2 Å². The number of nitrogens with one attached hydrogen (secondary N) is 1. The highest BCUT2D eigenvalue weighted by molar-refractivity contribution is 6.33. The van der Waals surface area contributed by atoms with E-state index in [-0.39, 0.29) is 10.6 Å². The van der Waals surface area contributed by atoms with Gasteiger partial charge in [0, 0.05) is 5.69 Å². The number of amides is 1. The molecule has 0 aliphatic rings. The lowest BCUT2D eigenvalue weighted by molar-refractivity contribution is -0.118. The average molecular weight is 281 g/mol. The fourth-order valence-corrected chi connectivity index (χ4v) is 1.80. The molecule has 1 amide bonds. The largest absolute Gasteiger partial charge is 0.478 e. The maximum atomic E-state index is 11.8. The van der Waals surface area contributed by atoms with Crippen LogP contribution >= 0.6 is 11.6 Å². The molecule has 1 atom stereocenters. The first-order valence-corrected chi connectivity index (χ1v) is 6.10. The Morgan fingerprint density at radius 2 is 2.21 bits per heavy atom. The van der Waals surface area contributed by atoms with E-state index < -0.39 is 17.8 Å². The third kappa shape index (κ3) is 3.97. The fourth-order valence-electron chi connectivity index (χ4n) is 1.54. The second-order valence-corrected chi connectivity index (χ2v) is 4.37. The van der Waals surface area contributed by atoms with E-state index in [0.29, 0.717) is 12.1 Å². The van der Waals surface area contributed by atoms with Gasteiger partial charge in [0.15, 0.2) is 0 Å². The number of nitrogens with zero attached hydrogens (tertiary/aromatic N) is 1. The predicted molar refractivity (Wildman–Crippen MR) is 71.1 cm³/mol. The molecule has 0 radical (unpaired) electrons. The van der Waals surface area contributed by atoms with Gasteiger partial charge in [0.1, 0.15) is 5.92 Å². The summed E-state index contributed by atoms with van der Waals surface area (Å²) in [4.78, 5) is 22.6. The number of halogens is 1. The molecule has 100 valence electrons. The van der Waals surface area contributed by atoms with Crippen LogP contribution < -0.4 is 5.32 Å². The zero-order valence-electron chi connectivity index (χ0n) is 10.3. The van der Waals surface area contributed by atoms with E-state index in [4.69, 9.17) is 22.0 Å². The number of carbonyl (C=O) groups excluding carboxylic acids is 1. The van der Waals surface area contributed by atoms with Crippen molar-refractivity contribution >= 4 is 29.2 Å². The Labute approximate surface area is 115 Å². The van der Waals surface area contributed by atoms with Crippen molar-refractivity contribution in [1.82, 2.24) is 0 Å². The van der Waals surface area contributed by atoms with Crippen LogP contribution in [0, 0.1) is 17.2 Å². The number of benzene rings is 1. The summed E-state index contributed by atoms with van der Waals surface area (Å²) < 4.78 is 0. The Bertz CT molecular complexity index is 537. The summed E-state index contributed by atoms with van der Waals surface area (Å²) in [5.41, 5.74) is 0.335. The van der Waals surface area contributed by atoms with Gasteiger partial charge in [-0.2, -0.15) is 5.26 Å². The first kappa shape index (κ1) is 15.0. The summed E-state index contributed by atoms with van der Waals surface area (Å²) in [5.74, 6) is -2.27. The monoisotopic (exact) mass is 280 g/mol. The second kappa shape index (κ2) is 6.76. The standard InChI is InChI=1S/C13H13ClN2O3/c1-2-3-8(7-15)12(17)16-9-4-5-10(13(18)19)11(14)6-9/h4-6,8H,2-3H2,1H3,(H,16,17)(H,18,19). The van der Waals surface area contributed by atoms with Gasteiger partial charge in [-0.05, 0) is 24.6 Å². The summed E-state index contributed by atoms with van der Waals surface area (Å²) in [6.45, 7) is 1.89. The number of hydrogen-bond acceptors (Lipinski definition) is 3. The quantitative estimate of drug-likeness (QED) is 0.867. The van der Waals surface area contributed by atoms with E-state index in [0.717, 1.165) is 6.42 Å². The second-order valence-electron chi connectivity index (χ2n) is 3.96. The molecular weight excluding hydrogens is 268 g/mol. The van der Waals surface area contributed by atoms with Crippen LogP contribution in [0.25, 0.3) is 0 Å². The Morgan fingerprint density at radius 1 is 1.53 bits per heavy atom. The molecule has 0 aliphatic carbocycles. The van der Waals surface area contributed by atoms with Crippen molar-refractivity contribution in [1.29, 1.82) is 5.26 Å². The van der Waals surface area contributed by atoms with E-state index in [1.807, 2.05) is 13.0 Å². The molecule has 2 N–H and O–H groups in total. The summed E-state index contributed by atoms with van der Waals surface area (Å²) in [5, 5.41) is 20.3. The van der Waals surface area contributed by atoms with E-state index >= 15 is 0 Å². The molecule has 1 unspecified atom stereocenters. The highest BCUT2D eigenvalue weighted by Crippen LogP contribution is 2.21. The molecule has 1 aromatic rings. The minimum Gasteiger partial charge on any atom is -0.478 e. The summed E-state index contributed by atoms with van der Waals surface area (Å²) in [6, 6.07) is 6.02. The smallest absolute Gasteiger partial charge is 0.337 e. The Balaban J connectivity index is 2.84. The number of carboxylic acid groups (broad SMARTS) is 1. The highest BCUT2D eigenvalue weighted by Gasteiger charge is 2.17. The molecular formula is C13H13ClN2O3. The molecule has 0 fully saturated rings. The minimum absolute atomic E-state index is 0.0364. The lowest BCUT2D eigenvalue weighted by atomic mass is 10.0. The number of aromatic carboxylic acids is 1. The predicted octanol–water partition coefficient (Wildman–Crippen LogP) is 2.92. The zero-order chi connectivity index (χ0) is 14.4. The Hall–Kier alpha value is -2.06. The van der Waals surface area contributed by atoms with E-state index in [2.05, 4.69) is 5.32 Å². The summed E-state index contributed by atoms with van der Waals surface area (Å²) in [7, 11) is 0. The lowest BCUT2D eigenvalue weighted by Gasteiger charge is -2.10. The molecule has 0 saturated carbocycles. The number of carboxylic acids is 1. The number of rotatable bonds is 5. The van der Waals surface area contributed by atoms with Gasteiger partial charge in [0.2, 0.25) is 5.91 Å². The number of hydrogen-bond donors (Lipinski definition) is 2. The van der Waals surface area contributed by atoms with Crippen molar-refractivity contribution in [2.75, 3.05) is 5.32 Å². The molecule has 6 heteroatoms. The maximum absolute atomic E-state index is 11.8. The molecule has 0 saturated heterocycles. The first-order chi connectivity index (χ1) is 8.99. The van der Waals surface area contributed by atoms with Crippen molar-refractivity contribution in [3.63, 3.8) is 0 Å². The van der Waals surface area contributed by atoms with Gasteiger partial charge in [-0.25, -0.2) is 4.79 Å². The van der Waals surface area contributed by atoms with Crippen LogP contribution in [0.2, 0.25) is 5.02 Å². The minimum atomic E-state index is -1.14. The van der Waals surface area contributed by atoms with Crippen molar-refractivity contribution in [3.05, 3.63) is 28.8 Å². The Morgan fingerprint density at radius 3 is 2.68 bits per heavy atom. The SMILES string of the molecule is CCCC(C#N)C(=O)Nc1ccc(C(=O)O)c(Cl)c1.